The second kappa shape index (κ2) is 8.78. The van der Waals surface area contributed by atoms with Crippen molar-refractivity contribution in [2.45, 2.75) is 10.6 Å². The van der Waals surface area contributed by atoms with E-state index in [1.54, 1.807) is 24.3 Å². The van der Waals surface area contributed by atoms with Crippen LogP contribution in [0.25, 0.3) is 0 Å². The number of benzene rings is 1. The number of amides is 1. The Morgan fingerprint density at radius 3 is 2.48 bits per heavy atom. The van der Waals surface area contributed by atoms with Crippen molar-refractivity contribution in [3.8, 4) is 0 Å². The molecule has 0 aliphatic carbocycles. The Balaban J connectivity index is 1.47. The molecule has 1 aromatic heterocycles. The monoisotopic (exact) mass is 475 g/mol. The average molecular weight is 476 g/mol. The molecule has 0 saturated carbocycles. The van der Waals surface area contributed by atoms with Gasteiger partial charge in [0, 0.05) is 39.1 Å². The molecule has 2 heterocycles. The molecule has 3 rings (SSSR count). The lowest BCUT2D eigenvalue weighted by Gasteiger charge is -2.33. The van der Waals surface area contributed by atoms with Crippen LogP contribution >= 0.6 is 27.3 Å². The molecule has 0 bridgehead atoms. The van der Waals surface area contributed by atoms with Gasteiger partial charge in [0.2, 0.25) is 5.91 Å². The van der Waals surface area contributed by atoms with E-state index in [1.165, 1.54) is 27.8 Å². The summed E-state index contributed by atoms with van der Waals surface area (Å²) in [6.07, 6.45) is 0.221. The fourth-order valence-electron chi connectivity index (χ4n) is 2.79. The van der Waals surface area contributed by atoms with Crippen molar-refractivity contribution in [3.05, 3.63) is 46.0 Å². The van der Waals surface area contributed by atoms with Crippen LogP contribution in [0.1, 0.15) is 6.42 Å². The van der Waals surface area contributed by atoms with Crippen molar-refractivity contribution in [2.24, 2.45) is 0 Å². The third-order valence-electron chi connectivity index (χ3n) is 4.28. The van der Waals surface area contributed by atoms with Crippen LogP contribution in [0.2, 0.25) is 0 Å². The van der Waals surface area contributed by atoms with Crippen LogP contribution in [0, 0.1) is 5.82 Å². The maximum Gasteiger partial charge on any atom is 0.252 e. The fourth-order valence-corrected chi connectivity index (χ4v) is 6.38. The number of nitrogens with zero attached hydrogens (tertiary/aromatic N) is 2. The Kier molecular flexibility index (Phi) is 6.64. The van der Waals surface area contributed by atoms with E-state index in [0.717, 1.165) is 3.79 Å². The number of hydrogen-bond acceptors (Lipinski definition) is 5. The molecule has 6 nitrogen and oxygen atoms in total. The number of carbonyl (C=O) groups is 1. The molecule has 1 aromatic carbocycles. The summed E-state index contributed by atoms with van der Waals surface area (Å²) in [5.74, 6) is -0.733. The summed E-state index contributed by atoms with van der Waals surface area (Å²) in [5, 5.41) is 2.56. The summed E-state index contributed by atoms with van der Waals surface area (Å²) in [6.45, 7) is 2.37. The minimum absolute atomic E-state index is 0.167. The number of thiophene rings is 1. The number of piperazine rings is 1. The maximum absolute atomic E-state index is 13.6. The van der Waals surface area contributed by atoms with Gasteiger partial charge in [-0.2, -0.15) is 4.31 Å². The first-order chi connectivity index (χ1) is 12.9. The normalized spacial score (nSPS) is 16.4. The Bertz CT molecular complexity index is 912. The highest BCUT2D eigenvalue weighted by molar-refractivity contribution is 9.11. The van der Waals surface area contributed by atoms with Gasteiger partial charge in [-0.25, -0.2) is 12.8 Å². The summed E-state index contributed by atoms with van der Waals surface area (Å²) < 4.78 is 41.3. The van der Waals surface area contributed by atoms with Gasteiger partial charge in [0.05, 0.1) is 9.47 Å². The van der Waals surface area contributed by atoms with E-state index in [4.69, 9.17) is 0 Å². The largest absolute Gasteiger partial charge is 0.324 e. The lowest BCUT2D eigenvalue weighted by molar-refractivity contribution is -0.116. The van der Waals surface area contributed by atoms with Crippen molar-refractivity contribution in [1.29, 1.82) is 0 Å². The first-order valence-electron chi connectivity index (χ1n) is 8.38. The number of halogens is 2. The third-order valence-corrected chi connectivity index (χ3v) is 8.27. The Labute approximate surface area is 170 Å². The molecule has 0 unspecified atom stereocenters. The predicted molar refractivity (Wildman–Crippen MR) is 107 cm³/mol. The number of rotatable bonds is 6. The summed E-state index contributed by atoms with van der Waals surface area (Å²) in [5.41, 5.74) is 0.167. The van der Waals surface area contributed by atoms with E-state index in [0.29, 0.717) is 36.9 Å². The molecule has 1 fully saturated rings. The van der Waals surface area contributed by atoms with Gasteiger partial charge < -0.3 is 10.2 Å². The Morgan fingerprint density at radius 2 is 1.85 bits per heavy atom. The highest BCUT2D eigenvalue weighted by atomic mass is 79.9. The molecule has 0 spiro atoms. The number of para-hydroxylation sites is 1. The first-order valence-corrected chi connectivity index (χ1v) is 11.4. The van der Waals surface area contributed by atoms with E-state index in [2.05, 4.69) is 21.2 Å². The molecular weight excluding hydrogens is 457 g/mol. The molecule has 1 amide bonds. The van der Waals surface area contributed by atoms with Gasteiger partial charge in [0.1, 0.15) is 10.0 Å². The molecule has 2 aromatic rings. The standard InChI is InChI=1S/C17H19BrFN3O3S2/c18-15-5-6-17(26-15)27(24,25)22-11-9-21(10-12-22)8-7-16(23)20-14-4-2-1-3-13(14)19/h1-6H,7-12H2,(H,20,23). The van der Waals surface area contributed by atoms with Gasteiger partial charge in [-0.15, -0.1) is 11.3 Å². The second-order valence-corrected chi connectivity index (χ2v) is 10.7. The summed E-state index contributed by atoms with van der Waals surface area (Å²) in [4.78, 5) is 14.0. The number of hydrogen-bond donors (Lipinski definition) is 1. The molecule has 1 aliphatic heterocycles. The van der Waals surface area contributed by atoms with Gasteiger partial charge >= 0.3 is 0 Å². The van der Waals surface area contributed by atoms with Crippen LogP contribution in [0.5, 0.6) is 0 Å². The van der Waals surface area contributed by atoms with Gasteiger partial charge in [-0.3, -0.25) is 4.79 Å². The molecule has 0 radical (unpaired) electrons. The smallest absolute Gasteiger partial charge is 0.252 e. The molecule has 146 valence electrons. The van der Waals surface area contributed by atoms with E-state index in [1.807, 2.05) is 4.90 Å². The summed E-state index contributed by atoms with van der Waals surface area (Å²) in [7, 11) is -3.47. The van der Waals surface area contributed by atoms with Crippen molar-refractivity contribution in [1.82, 2.24) is 9.21 Å². The zero-order valence-corrected chi connectivity index (χ0v) is 17.6. The highest BCUT2D eigenvalue weighted by Gasteiger charge is 2.29. The van der Waals surface area contributed by atoms with Crippen LogP contribution in [0.3, 0.4) is 0 Å². The van der Waals surface area contributed by atoms with Crippen LogP contribution in [0.15, 0.2) is 44.4 Å². The van der Waals surface area contributed by atoms with Crippen molar-refractivity contribution in [3.63, 3.8) is 0 Å². The van der Waals surface area contributed by atoms with E-state index < -0.39 is 15.8 Å². The second-order valence-electron chi connectivity index (χ2n) is 6.08. The Hall–Kier alpha value is -1.33. The van der Waals surface area contributed by atoms with Crippen LogP contribution in [-0.2, 0) is 14.8 Å². The molecule has 10 heteroatoms. The average Bonchev–Trinajstić information content (AvgIpc) is 3.09. The number of carbonyl (C=O) groups excluding carboxylic acids is 1. The zero-order chi connectivity index (χ0) is 19.4. The van der Waals surface area contributed by atoms with E-state index in [9.17, 15) is 17.6 Å². The lowest BCUT2D eigenvalue weighted by atomic mass is 10.2. The minimum atomic E-state index is -3.47. The quantitative estimate of drug-likeness (QED) is 0.696. The summed E-state index contributed by atoms with van der Waals surface area (Å²) in [6, 6.07) is 9.35. The molecule has 1 N–H and O–H groups in total. The van der Waals surface area contributed by atoms with Crippen LogP contribution in [0.4, 0.5) is 10.1 Å². The van der Waals surface area contributed by atoms with Crippen molar-refractivity contribution >= 4 is 48.9 Å². The number of nitrogens with one attached hydrogen (secondary N) is 1. The van der Waals surface area contributed by atoms with Gasteiger partial charge in [0.15, 0.2) is 0 Å². The maximum atomic E-state index is 13.6. The van der Waals surface area contributed by atoms with E-state index in [-0.39, 0.29) is 18.0 Å². The van der Waals surface area contributed by atoms with E-state index >= 15 is 0 Å². The fraction of sp³-hybridized carbons (Fsp3) is 0.353. The van der Waals surface area contributed by atoms with Gasteiger partial charge in [-0.05, 0) is 40.2 Å². The first kappa shape index (κ1) is 20.4. The predicted octanol–water partition coefficient (Wildman–Crippen LogP) is 2.98. The topological polar surface area (TPSA) is 69.7 Å². The lowest BCUT2D eigenvalue weighted by Crippen LogP contribution is -2.48. The SMILES string of the molecule is O=C(CCN1CCN(S(=O)(=O)c2ccc(Br)s2)CC1)Nc1ccccc1F. The molecule has 1 aliphatic rings. The highest BCUT2D eigenvalue weighted by Crippen LogP contribution is 2.28. The molecule has 27 heavy (non-hydrogen) atoms. The Morgan fingerprint density at radius 1 is 1.15 bits per heavy atom. The van der Waals surface area contributed by atoms with Crippen LogP contribution in [-0.4, -0.2) is 56.3 Å². The number of anilines is 1. The zero-order valence-electron chi connectivity index (χ0n) is 14.4. The van der Waals surface area contributed by atoms with Gasteiger partial charge in [-0.1, -0.05) is 12.1 Å². The van der Waals surface area contributed by atoms with Crippen molar-refractivity contribution < 1.29 is 17.6 Å². The molecule has 0 atom stereocenters. The number of sulfonamides is 1. The molecular formula is C17H19BrFN3O3S2. The third kappa shape index (κ3) is 5.14. The van der Waals surface area contributed by atoms with Crippen molar-refractivity contribution in [2.75, 3.05) is 38.0 Å². The summed E-state index contributed by atoms with van der Waals surface area (Å²) >= 11 is 4.48. The van der Waals surface area contributed by atoms with Crippen LogP contribution < -0.4 is 5.32 Å². The van der Waals surface area contributed by atoms with Gasteiger partial charge in [0.25, 0.3) is 10.0 Å². The minimum Gasteiger partial charge on any atom is -0.324 e. The molecule has 1 saturated heterocycles.